The zero-order valence-corrected chi connectivity index (χ0v) is 9.12. The third kappa shape index (κ3) is 1.47. The number of aromatic amines is 1. The van der Waals surface area contributed by atoms with Crippen molar-refractivity contribution in [3.05, 3.63) is 32.6 Å². The van der Waals surface area contributed by atoms with Gasteiger partial charge in [-0.2, -0.15) is 0 Å². The van der Waals surface area contributed by atoms with Crippen molar-refractivity contribution in [2.75, 3.05) is 6.61 Å². The molecule has 92 valence electrons. The second-order valence-corrected chi connectivity index (χ2v) is 4.33. The highest BCUT2D eigenvalue weighted by Gasteiger charge is 2.51. The molecule has 2 bridgehead atoms. The average Bonchev–Trinajstić information content (AvgIpc) is 2.79. The first-order valence-electron chi connectivity index (χ1n) is 5.35. The molecule has 2 fully saturated rings. The largest absolute Gasteiger partial charge is 0.387 e. The minimum Gasteiger partial charge on any atom is -0.387 e. The topological polar surface area (TPSA) is 93.6 Å². The van der Waals surface area contributed by atoms with Crippen molar-refractivity contribution in [2.45, 2.75) is 31.5 Å². The van der Waals surface area contributed by atoms with E-state index in [-0.39, 0.29) is 0 Å². The van der Waals surface area contributed by atoms with Gasteiger partial charge in [-0.25, -0.2) is 4.79 Å². The van der Waals surface area contributed by atoms with Crippen molar-refractivity contribution >= 4 is 0 Å². The number of rotatable bonds is 1. The lowest BCUT2D eigenvalue weighted by Gasteiger charge is -2.23. The molecular formula is C10H12N2O5. The van der Waals surface area contributed by atoms with E-state index in [1.165, 1.54) is 10.8 Å². The monoisotopic (exact) mass is 240 g/mol. The lowest BCUT2D eigenvalue weighted by atomic mass is 10.2. The van der Waals surface area contributed by atoms with Gasteiger partial charge in [0.2, 0.25) is 0 Å². The molecule has 7 nitrogen and oxygen atoms in total. The van der Waals surface area contributed by atoms with E-state index < -0.39 is 35.8 Å². The summed E-state index contributed by atoms with van der Waals surface area (Å²) in [5.74, 6) is 0. The second-order valence-electron chi connectivity index (χ2n) is 4.33. The van der Waals surface area contributed by atoms with Crippen molar-refractivity contribution in [1.82, 2.24) is 9.55 Å². The summed E-state index contributed by atoms with van der Waals surface area (Å²) >= 11 is 0. The molecule has 2 aliphatic rings. The number of fused-ring (bicyclic) bond motifs is 2. The van der Waals surface area contributed by atoms with Gasteiger partial charge in [0.25, 0.3) is 5.56 Å². The fourth-order valence-corrected chi connectivity index (χ4v) is 2.24. The number of aryl methyl sites for hydroxylation is 1. The Labute approximate surface area is 95.6 Å². The van der Waals surface area contributed by atoms with Gasteiger partial charge in [-0.3, -0.25) is 14.3 Å². The van der Waals surface area contributed by atoms with Crippen LogP contribution in [0.4, 0.5) is 0 Å². The Bertz CT molecular complexity index is 563. The molecule has 0 aromatic carbocycles. The van der Waals surface area contributed by atoms with E-state index in [9.17, 15) is 14.7 Å². The lowest BCUT2D eigenvalue weighted by molar-refractivity contribution is -0.128. The fraction of sp³-hybridized carbons (Fsp3) is 0.600. The summed E-state index contributed by atoms with van der Waals surface area (Å²) in [7, 11) is 0. The molecule has 0 saturated carbocycles. The van der Waals surface area contributed by atoms with Crippen LogP contribution in [0.5, 0.6) is 0 Å². The van der Waals surface area contributed by atoms with Crippen molar-refractivity contribution in [3.8, 4) is 0 Å². The molecule has 2 N–H and O–H groups in total. The van der Waals surface area contributed by atoms with Gasteiger partial charge in [0.05, 0.1) is 6.61 Å². The summed E-state index contributed by atoms with van der Waals surface area (Å²) in [5.41, 5.74) is -0.574. The zero-order chi connectivity index (χ0) is 12.2. The summed E-state index contributed by atoms with van der Waals surface area (Å²) in [6.45, 7) is 1.93. The first-order chi connectivity index (χ1) is 8.08. The third-order valence-corrected chi connectivity index (χ3v) is 3.19. The summed E-state index contributed by atoms with van der Waals surface area (Å²) < 4.78 is 12.1. The Kier molecular flexibility index (Phi) is 2.22. The Balaban J connectivity index is 2.04. The third-order valence-electron chi connectivity index (χ3n) is 3.19. The highest BCUT2D eigenvalue weighted by atomic mass is 16.6. The van der Waals surface area contributed by atoms with Crippen LogP contribution in [0.1, 0.15) is 11.8 Å². The smallest absolute Gasteiger partial charge is 0.330 e. The molecule has 0 radical (unpaired) electrons. The number of aliphatic hydroxyl groups is 1. The number of aromatic nitrogens is 2. The standard InChI is InChI=1S/C10H12N2O5/c1-4-2-12(10(15)11-8(4)14)9-7-6(13)5(17-9)3-16-7/h2,5-7,9,13H,3H2,1H3,(H,11,14,15). The van der Waals surface area contributed by atoms with E-state index in [2.05, 4.69) is 4.98 Å². The van der Waals surface area contributed by atoms with Crippen LogP contribution in [0.3, 0.4) is 0 Å². The predicted molar refractivity (Wildman–Crippen MR) is 55.7 cm³/mol. The van der Waals surface area contributed by atoms with Gasteiger partial charge in [-0.05, 0) is 6.92 Å². The van der Waals surface area contributed by atoms with Gasteiger partial charge in [-0.1, -0.05) is 0 Å². The minimum atomic E-state index is -0.723. The van der Waals surface area contributed by atoms with Gasteiger partial charge in [-0.15, -0.1) is 0 Å². The van der Waals surface area contributed by atoms with Crippen LogP contribution < -0.4 is 11.2 Å². The molecule has 2 saturated heterocycles. The Morgan fingerprint density at radius 2 is 2.29 bits per heavy atom. The van der Waals surface area contributed by atoms with Crippen LogP contribution in [0.25, 0.3) is 0 Å². The minimum absolute atomic E-state index is 0.333. The Hall–Kier alpha value is -1.44. The van der Waals surface area contributed by atoms with Crippen LogP contribution in [0, 0.1) is 6.92 Å². The number of aliphatic hydroxyl groups excluding tert-OH is 1. The van der Waals surface area contributed by atoms with E-state index in [1.807, 2.05) is 0 Å². The zero-order valence-electron chi connectivity index (χ0n) is 9.12. The van der Waals surface area contributed by atoms with Crippen molar-refractivity contribution in [1.29, 1.82) is 0 Å². The number of hydrogen-bond donors (Lipinski definition) is 2. The molecule has 1 aromatic rings. The maximum atomic E-state index is 11.7. The van der Waals surface area contributed by atoms with Crippen LogP contribution in [-0.4, -0.2) is 39.6 Å². The SMILES string of the molecule is Cc1cn(C2OC3COC2C3O)c(=O)[nH]c1=O. The first-order valence-corrected chi connectivity index (χ1v) is 5.35. The Morgan fingerprint density at radius 3 is 2.88 bits per heavy atom. The molecule has 1 aromatic heterocycles. The highest BCUT2D eigenvalue weighted by Crippen LogP contribution is 2.36. The molecule has 0 amide bonds. The van der Waals surface area contributed by atoms with Gasteiger partial charge in [0.1, 0.15) is 18.3 Å². The molecule has 4 atom stereocenters. The van der Waals surface area contributed by atoms with Gasteiger partial charge >= 0.3 is 5.69 Å². The van der Waals surface area contributed by atoms with Crippen LogP contribution in [0.2, 0.25) is 0 Å². The van der Waals surface area contributed by atoms with Gasteiger partial charge < -0.3 is 14.6 Å². The molecule has 0 aliphatic carbocycles. The van der Waals surface area contributed by atoms with Crippen molar-refractivity contribution in [2.24, 2.45) is 0 Å². The summed E-state index contributed by atoms with van der Waals surface area (Å²) in [6.07, 6.45) is -0.930. The molecular weight excluding hydrogens is 228 g/mol. The van der Waals surface area contributed by atoms with Crippen molar-refractivity contribution in [3.63, 3.8) is 0 Å². The van der Waals surface area contributed by atoms with Crippen LogP contribution >= 0.6 is 0 Å². The van der Waals surface area contributed by atoms with E-state index in [1.54, 1.807) is 6.92 Å². The lowest BCUT2D eigenvalue weighted by Crippen LogP contribution is -2.39. The molecule has 0 spiro atoms. The van der Waals surface area contributed by atoms with Crippen LogP contribution in [0.15, 0.2) is 15.8 Å². The number of hydrogen-bond acceptors (Lipinski definition) is 5. The molecule has 7 heteroatoms. The number of nitrogens with one attached hydrogen (secondary N) is 1. The number of ether oxygens (including phenoxy) is 2. The fourth-order valence-electron chi connectivity index (χ4n) is 2.24. The second kappa shape index (κ2) is 3.52. The molecule has 4 unspecified atom stereocenters. The molecule has 3 heterocycles. The van der Waals surface area contributed by atoms with Crippen molar-refractivity contribution < 1.29 is 14.6 Å². The van der Waals surface area contributed by atoms with E-state index in [4.69, 9.17) is 9.47 Å². The summed E-state index contributed by atoms with van der Waals surface area (Å²) in [4.78, 5) is 25.1. The Morgan fingerprint density at radius 1 is 1.53 bits per heavy atom. The number of H-pyrrole nitrogens is 1. The maximum Gasteiger partial charge on any atom is 0.330 e. The highest BCUT2D eigenvalue weighted by molar-refractivity contribution is 5.04. The van der Waals surface area contributed by atoms with Gasteiger partial charge in [0, 0.05) is 11.8 Å². The van der Waals surface area contributed by atoms with E-state index in [0.29, 0.717) is 12.2 Å². The molecule has 17 heavy (non-hydrogen) atoms. The normalized spacial score (nSPS) is 35.4. The van der Waals surface area contributed by atoms with E-state index in [0.717, 1.165) is 0 Å². The number of nitrogens with zero attached hydrogens (tertiary/aromatic N) is 1. The van der Waals surface area contributed by atoms with E-state index >= 15 is 0 Å². The van der Waals surface area contributed by atoms with Crippen LogP contribution in [-0.2, 0) is 9.47 Å². The molecule has 2 aliphatic heterocycles. The maximum absolute atomic E-state index is 11.7. The quantitative estimate of drug-likeness (QED) is 0.623. The predicted octanol–water partition coefficient (Wildman–Crippen LogP) is -1.50. The summed E-state index contributed by atoms with van der Waals surface area (Å²) in [6, 6.07) is 0. The average molecular weight is 240 g/mol. The summed E-state index contributed by atoms with van der Waals surface area (Å²) in [5, 5.41) is 9.74. The molecule has 3 rings (SSSR count). The first kappa shape index (κ1) is 10.7. The van der Waals surface area contributed by atoms with Gasteiger partial charge in [0.15, 0.2) is 6.23 Å².